The molecule has 1 N–H and O–H groups in total. The third-order valence-electron chi connectivity index (χ3n) is 2.97. The molecule has 9 heteroatoms. The van der Waals surface area contributed by atoms with Gasteiger partial charge in [-0.3, -0.25) is 9.59 Å². The molecule has 0 saturated carbocycles. The zero-order valence-electron chi connectivity index (χ0n) is 12.8. The van der Waals surface area contributed by atoms with Crippen LogP contribution in [0.15, 0.2) is 40.6 Å². The molecule has 1 atom stereocenters. The molecule has 24 heavy (non-hydrogen) atoms. The third-order valence-corrected chi connectivity index (χ3v) is 6.04. The van der Waals surface area contributed by atoms with Crippen molar-refractivity contribution in [3.8, 4) is 5.75 Å². The van der Waals surface area contributed by atoms with Gasteiger partial charge in [0.25, 0.3) is 15.9 Å². The SMILES string of the molecule is CC(=O)c1cccc(OC(C)C(=O)NS(=O)(=O)c2ccc(Cl)s2)c1. The molecule has 2 rings (SSSR count). The van der Waals surface area contributed by atoms with Gasteiger partial charge in [0.05, 0.1) is 4.34 Å². The van der Waals surface area contributed by atoms with Gasteiger partial charge in [-0.2, -0.15) is 0 Å². The largest absolute Gasteiger partial charge is 0.481 e. The van der Waals surface area contributed by atoms with Crippen molar-refractivity contribution in [2.45, 2.75) is 24.2 Å². The van der Waals surface area contributed by atoms with Crippen molar-refractivity contribution >= 4 is 44.7 Å². The van der Waals surface area contributed by atoms with Crippen LogP contribution in [-0.2, 0) is 14.8 Å². The van der Waals surface area contributed by atoms with E-state index in [1.54, 1.807) is 18.2 Å². The number of hydrogen-bond acceptors (Lipinski definition) is 6. The number of carbonyl (C=O) groups excluding carboxylic acids is 2. The molecule has 2 aromatic rings. The zero-order valence-corrected chi connectivity index (χ0v) is 15.2. The molecule has 1 unspecified atom stereocenters. The lowest BCUT2D eigenvalue weighted by Crippen LogP contribution is -2.39. The minimum absolute atomic E-state index is 0.0633. The maximum atomic E-state index is 12.1. The molecule has 0 aliphatic heterocycles. The average molecular weight is 388 g/mol. The highest BCUT2D eigenvalue weighted by molar-refractivity contribution is 7.92. The summed E-state index contributed by atoms with van der Waals surface area (Å²) >= 11 is 6.54. The molecular formula is C15H14ClNO5S2. The summed E-state index contributed by atoms with van der Waals surface area (Å²) in [4.78, 5) is 23.4. The summed E-state index contributed by atoms with van der Waals surface area (Å²) in [5.74, 6) is -0.677. The van der Waals surface area contributed by atoms with Gasteiger partial charge in [0.2, 0.25) is 0 Å². The van der Waals surface area contributed by atoms with E-state index >= 15 is 0 Å². The van der Waals surface area contributed by atoms with Crippen LogP contribution in [0.25, 0.3) is 0 Å². The van der Waals surface area contributed by atoms with Gasteiger partial charge in [-0.15, -0.1) is 11.3 Å². The highest BCUT2D eigenvalue weighted by Gasteiger charge is 2.24. The van der Waals surface area contributed by atoms with Gasteiger partial charge in [-0.1, -0.05) is 23.7 Å². The Balaban J connectivity index is 2.07. The lowest BCUT2D eigenvalue weighted by atomic mass is 10.1. The van der Waals surface area contributed by atoms with Crippen LogP contribution in [0.2, 0.25) is 4.34 Å². The summed E-state index contributed by atoms with van der Waals surface area (Å²) in [6.07, 6.45) is -1.07. The summed E-state index contributed by atoms with van der Waals surface area (Å²) in [5.41, 5.74) is 0.431. The normalized spacial score (nSPS) is 12.5. The van der Waals surface area contributed by atoms with Crippen molar-refractivity contribution in [1.29, 1.82) is 0 Å². The Hall–Kier alpha value is -1.90. The van der Waals surface area contributed by atoms with Gasteiger partial charge in [-0.05, 0) is 38.1 Å². The number of carbonyl (C=O) groups is 2. The monoisotopic (exact) mass is 387 g/mol. The molecule has 128 valence electrons. The van der Waals surface area contributed by atoms with Crippen LogP contribution in [0.4, 0.5) is 0 Å². The number of Topliss-reactive ketones (excluding diaryl/α,β-unsaturated/α-hetero) is 1. The van der Waals surface area contributed by atoms with Gasteiger partial charge in [0, 0.05) is 5.56 Å². The molecule has 0 radical (unpaired) electrons. The molecule has 0 saturated heterocycles. The van der Waals surface area contributed by atoms with Gasteiger partial charge < -0.3 is 4.74 Å². The summed E-state index contributed by atoms with van der Waals surface area (Å²) in [7, 11) is -4.00. The lowest BCUT2D eigenvalue weighted by Gasteiger charge is -2.14. The number of hydrogen-bond donors (Lipinski definition) is 1. The second-order valence-corrected chi connectivity index (χ2v) is 8.50. The van der Waals surface area contributed by atoms with Gasteiger partial charge in [0.1, 0.15) is 9.96 Å². The van der Waals surface area contributed by atoms with E-state index in [0.29, 0.717) is 15.6 Å². The van der Waals surface area contributed by atoms with Crippen molar-refractivity contribution in [2.24, 2.45) is 0 Å². The second-order valence-electron chi connectivity index (χ2n) is 4.87. The van der Waals surface area contributed by atoms with E-state index in [1.807, 2.05) is 4.72 Å². The third kappa shape index (κ3) is 4.56. The number of benzene rings is 1. The van der Waals surface area contributed by atoms with Crippen molar-refractivity contribution in [2.75, 3.05) is 0 Å². The first kappa shape index (κ1) is 18.4. The van der Waals surface area contributed by atoms with Crippen LogP contribution in [0, 0.1) is 0 Å². The van der Waals surface area contributed by atoms with Crippen LogP contribution in [-0.4, -0.2) is 26.2 Å². The number of nitrogens with one attached hydrogen (secondary N) is 1. The fourth-order valence-corrected chi connectivity index (χ4v) is 4.28. The quantitative estimate of drug-likeness (QED) is 0.770. The van der Waals surface area contributed by atoms with Crippen LogP contribution >= 0.6 is 22.9 Å². The predicted octanol–water partition coefficient (Wildman–Crippen LogP) is 2.88. The Bertz CT molecular complexity index is 875. The maximum Gasteiger partial charge on any atom is 0.274 e. The van der Waals surface area contributed by atoms with E-state index in [1.165, 1.54) is 32.0 Å². The predicted molar refractivity (Wildman–Crippen MR) is 91.2 cm³/mol. The molecule has 1 aromatic carbocycles. The lowest BCUT2D eigenvalue weighted by molar-refractivity contribution is -0.125. The van der Waals surface area contributed by atoms with Crippen molar-refractivity contribution in [1.82, 2.24) is 4.72 Å². The summed E-state index contributed by atoms with van der Waals surface area (Å²) < 4.78 is 31.7. The van der Waals surface area contributed by atoms with Crippen LogP contribution in [0.1, 0.15) is 24.2 Å². The van der Waals surface area contributed by atoms with E-state index in [4.69, 9.17) is 16.3 Å². The number of ketones is 1. The van der Waals surface area contributed by atoms with Crippen LogP contribution < -0.4 is 9.46 Å². The second kappa shape index (κ2) is 7.33. The maximum absolute atomic E-state index is 12.1. The Labute approximate surface area is 148 Å². The van der Waals surface area contributed by atoms with E-state index in [-0.39, 0.29) is 9.99 Å². The molecule has 0 spiro atoms. The first-order valence-electron chi connectivity index (χ1n) is 6.78. The van der Waals surface area contributed by atoms with Gasteiger partial charge in [-0.25, -0.2) is 13.1 Å². The summed E-state index contributed by atoms with van der Waals surface area (Å²) in [6.45, 7) is 2.82. The molecule has 0 bridgehead atoms. The fraction of sp³-hybridized carbons (Fsp3) is 0.200. The van der Waals surface area contributed by atoms with E-state index in [2.05, 4.69) is 0 Å². The number of halogens is 1. The van der Waals surface area contributed by atoms with Crippen molar-refractivity contribution in [3.63, 3.8) is 0 Å². The van der Waals surface area contributed by atoms with Crippen molar-refractivity contribution < 1.29 is 22.7 Å². The van der Waals surface area contributed by atoms with Crippen LogP contribution in [0.3, 0.4) is 0 Å². The fourth-order valence-electron chi connectivity index (χ4n) is 1.75. The van der Waals surface area contributed by atoms with Gasteiger partial charge in [0.15, 0.2) is 11.9 Å². The number of amides is 1. The Morgan fingerprint density at radius 3 is 2.54 bits per heavy atom. The van der Waals surface area contributed by atoms with Gasteiger partial charge >= 0.3 is 0 Å². The molecule has 1 amide bonds. The van der Waals surface area contributed by atoms with Crippen LogP contribution in [0.5, 0.6) is 5.75 Å². The number of ether oxygens (including phenoxy) is 1. The molecule has 0 aliphatic rings. The molecular weight excluding hydrogens is 374 g/mol. The van der Waals surface area contributed by atoms with E-state index in [9.17, 15) is 18.0 Å². The number of rotatable bonds is 6. The average Bonchev–Trinajstić information content (AvgIpc) is 2.94. The Morgan fingerprint density at radius 1 is 1.25 bits per heavy atom. The molecule has 0 fully saturated rings. The zero-order chi connectivity index (χ0) is 17.9. The van der Waals surface area contributed by atoms with E-state index in [0.717, 1.165) is 11.3 Å². The first-order chi connectivity index (χ1) is 11.2. The summed E-state index contributed by atoms with van der Waals surface area (Å²) in [6, 6.07) is 9.03. The summed E-state index contributed by atoms with van der Waals surface area (Å²) in [5, 5.41) is 0. The minimum Gasteiger partial charge on any atom is -0.481 e. The minimum atomic E-state index is -4.00. The molecule has 1 aromatic heterocycles. The Kier molecular flexibility index (Phi) is 5.63. The molecule has 1 heterocycles. The standard InChI is InChI=1S/C15H14ClNO5S2/c1-9(18)11-4-3-5-12(8-11)22-10(2)15(19)17-24(20,21)14-7-6-13(16)23-14/h3-8,10H,1-2H3,(H,17,19). The number of thiophene rings is 1. The first-order valence-corrected chi connectivity index (χ1v) is 9.46. The highest BCUT2D eigenvalue weighted by Crippen LogP contribution is 2.25. The Morgan fingerprint density at radius 2 is 1.96 bits per heavy atom. The van der Waals surface area contributed by atoms with E-state index < -0.39 is 22.0 Å². The molecule has 0 aliphatic carbocycles. The smallest absolute Gasteiger partial charge is 0.274 e. The number of sulfonamides is 1. The highest BCUT2D eigenvalue weighted by atomic mass is 35.5. The molecule has 6 nitrogen and oxygen atoms in total. The topological polar surface area (TPSA) is 89.5 Å². The van der Waals surface area contributed by atoms with Crippen molar-refractivity contribution in [3.05, 3.63) is 46.3 Å².